The molecular formula is C13H15FO3. The van der Waals surface area contributed by atoms with Gasteiger partial charge < -0.3 is 4.74 Å². The lowest BCUT2D eigenvalue weighted by Gasteiger charge is -2.13. The maximum atomic E-state index is 12.8. The number of Topliss-reactive ketones (excluding diaryl/α,β-unsaturated/α-hetero) is 1. The van der Waals surface area contributed by atoms with E-state index >= 15 is 0 Å². The van der Waals surface area contributed by atoms with Crippen LogP contribution < -0.4 is 0 Å². The molecule has 17 heavy (non-hydrogen) atoms. The van der Waals surface area contributed by atoms with E-state index in [2.05, 4.69) is 0 Å². The van der Waals surface area contributed by atoms with Gasteiger partial charge >= 0.3 is 5.97 Å². The lowest BCUT2D eigenvalue weighted by molar-refractivity contribution is -0.147. The Hall–Kier alpha value is -1.71. The van der Waals surface area contributed by atoms with E-state index in [0.717, 1.165) is 0 Å². The van der Waals surface area contributed by atoms with Crippen LogP contribution >= 0.6 is 0 Å². The summed E-state index contributed by atoms with van der Waals surface area (Å²) in [4.78, 5) is 23.4. The molecule has 4 heteroatoms. The largest absolute Gasteiger partial charge is 0.465 e. The smallest absolute Gasteiger partial charge is 0.321 e. The Bertz CT molecular complexity index is 398. The van der Waals surface area contributed by atoms with Crippen molar-refractivity contribution < 1.29 is 18.7 Å². The molecule has 0 amide bonds. The number of ether oxygens (including phenoxy) is 1. The monoisotopic (exact) mass is 238 g/mol. The van der Waals surface area contributed by atoms with Gasteiger partial charge in [-0.1, -0.05) is 19.1 Å². The minimum atomic E-state index is -0.944. The molecule has 1 aromatic carbocycles. The average Bonchev–Trinajstić information content (AvgIpc) is 2.32. The van der Waals surface area contributed by atoms with Gasteiger partial charge in [-0.15, -0.1) is 0 Å². The van der Waals surface area contributed by atoms with Gasteiger partial charge in [-0.05, 0) is 24.6 Å². The van der Waals surface area contributed by atoms with E-state index in [1.807, 2.05) is 0 Å². The number of hydrogen-bond donors (Lipinski definition) is 0. The first-order valence-corrected chi connectivity index (χ1v) is 5.55. The van der Waals surface area contributed by atoms with Gasteiger partial charge in [-0.2, -0.15) is 0 Å². The highest BCUT2D eigenvalue weighted by Crippen LogP contribution is 2.20. The van der Waals surface area contributed by atoms with Gasteiger partial charge in [0.1, 0.15) is 11.7 Å². The molecule has 3 nitrogen and oxygen atoms in total. The fourth-order valence-corrected chi connectivity index (χ4v) is 1.54. The van der Waals surface area contributed by atoms with Crippen LogP contribution in [0.15, 0.2) is 24.3 Å². The normalized spacial score (nSPS) is 11.9. The third-order valence-corrected chi connectivity index (χ3v) is 2.40. The van der Waals surface area contributed by atoms with Gasteiger partial charge in [0.15, 0.2) is 5.78 Å². The van der Waals surface area contributed by atoms with Crippen LogP contribution in [0.2, 0.25) is 0 Å². The Morgan fingerprint density at radius 1 is 1.24 bits per heavy atom. The van der Waals surface area contributed by atoms with Crippen LogP contribution in [0.5, 0.6) is 0 Å². The standard InChI is InChI=1S/C13H15FO3/c1-3-11(15)12(13(16)17-4-2)9-5-7-10(14)8-6-9/h5-8,12H,3-4H2,1-2H3. The zero-order chi connectivity index (χ0) is 12.8. The number of halogens is 1. The van der Waals surface area contributed by atoms with E-state index in [1.54, 1.807) is 13.8 Å². The van der Waals surface area contributed by atoms with Crippen molar-refractivity contribution in [3.05, 3.63) is 35.6 Å². The molecular weight excluding hydrogens is 223 g/mol. The molecule has 0 fully saturated rings. The molecule has 0 heterocycles. The molecule has 1 aromatic rings. The summed E-state index contributed by atoms with van der Waals surface area (Å²) in [6, 6.07) is 5.32. The highest BCUT2D eigenvalue weighted by molar-refractivity contribution is 6.04. The third kappa shape index (κ3) is 3.37. The van der Waals surface area contributed by atoms with E-state index in [1.165, 1.54) is 24.3 Å². The second-order valence-corrected chi connectivity index (χ2v) is 3.56. The predicted molar refractivity (Wildman–Crippen MR) is 61.1 cm³/mol. The molecule has 0 aliphatic carbocycles. The van der Waals surface area contributed by atoms with Gasteiger partial charge in [0, 0.05) is 6.42 Å². The zero-order valence-corrected chi connectivity index (χ0v) is 9.90. The molecule has 0 N–H and O–H groups in total. The molecule has 1 atom stereocenters. The third-order valence-electron chi connectivity index (χ3n) is 2.40. The van der Waals surface area contributed by atoms with Crippen LogP contribution in [0.3, 0.4) is 0 Å². The average molecular weight is 238 g/mol. The van der Waals surface area contributed by atoms with Crippen LogP contribution in [-0.2, 0) is 14.3 Å². The molecule has 0 radical (unpaired) electrons. The molecule has 0 bridgehead atoms. The SMILES string of the molecule is CCOC(=O)C(C(=O)CC)c1ccc(F)cc1. The number of benzene rings is 1. The van der Waals surface area contributed by atoms with Crippen LogP contribution in [0.4, 0.5) is 4.39 Å². The summed E-state index contributed by atoms with van der Waals surface area (Å²) in [5.74, 6) is -2.15. The van der Waals surface area contributed by atoms with Gasteiger partial charge in [-0.3, -0.25) is 9.59 Å². The minimum Gasteiger partial charge on any atom is -0.465 e. The van der Waals surface area contributed by atoms with Crippen LogP contribution in [0.1, 0.15) is 31.7 Å². The van der Waals surface area contributed by atoms with Gasteiger partial charge in [0.05, 0.1) is 6.61 Å². The van der Waals surface area contributed by atoms with E-state index in [9.17, 15) is 14.0 Å². The topological polar surface area (TPSA) is 43.4 Å². The fourth-order valence-electron chi connectivity index (χ4n) is 1.54. The van der Waals surface area contributed by atoms with Crippen molar-refractivity contribution in [3.63, 3.8) is 0 Å². The second-order valence-electron chi connectivity index (χ2n) is 3.56. The van der Waals surface area contributed by atoms with Crippen LogP contribution in [0.25, 0.3) is 0 Å². The number of esters is 1. The molecule has 0 spiro atoms. The van der Waals surface area contributed by atoms with Gasteiger partial charge in [0.25, 0.3) is 0 Å². The number of carbonyl (C=O) groups is 2. The lowest BCUT2D eigenvalue weighted by Crippen LogP contribution is -2.23. The van der Waals surface area contributed by atoms with E-state index in [4.69, 9.17) is 4.74 Å². The molecule has 0 saturated carbocycles. The summed E-state index contributed by atoms with van der Waals surface area (Å²) in [5.41, 5.74) is 0.469. The molecule has 0 saturated heterocycles. The first-order valence-electron chi connectivity index (χ1n) is 5.55. The summed E-state index contributed by atoms with van der Waals surface area (Å²) in [6.45, 7) is 3.57. The number of hydrogen-bond acceptors (Lipinski definition) is 3. The first kappa shape index (κ1) is 13.4. The Morgan fingerprint density at radius 2 is 1.82 bits per heavy atom. The van der Waals surface area contributed by atoms with Crippen molar-refractivity contribution in [1.29, 1.82) is 0 Å². The minimum absolute atomic E-state index is 0.216. The van der Waals surface area contributed by atoms with Crippen molar-refractivity contribution >= 4 is 11.8 Å². The summed E-state index contributed by atoms with van der Waals surface area (Å²) < 4.78 is 17.6. The lowest BCUT2D eigenvalue weighted by atomic mass is 9.93. The summed E-state index contributed by atoms with van der Waals surface area (Å²) in [5, 5.41) is 0. The molecule has 92 valence electrons. The van der Waals surface area contributed by atoms with E-state index < -0.39 is 17.7 Å². The van der Waals surface area contributed by atoms with Crippen molar-refractivity contribution in [2.24, 2.45) is 0 Å². The maximum absolute atomic E-state index is 12.8. The van der Waals surface area contributed by atoms with E-state index in [-0.39, 0.29) is 18.8 Å². The van der Waals surface area contributed by atoms with Crippen LogP contribution in [-0.4, -0.2) is 18.4 Å². The fraction of sp³-hybridized carbons (Fsp3) is 0.385. The molecule has 1 rings (SSSR count). The first-order chi connectivity index (χ1) is 8.10. The molecule has 0 aliphatic heterocycles. The van der Waals surface area contributed by atoms with Crippen molar-refractivity contribution in [2.45, 2.75) is 26.2 Å². The number of carbonyl (C=O) groups excluding carboxylic acids is 2. The van der Waals surface area contributed by atoms with Crippen LogP contribution in [0, 0.1) is 5.82 Å². The second kappa shape index (κ2) is 6.13. The molecule has 0 aliphatic rings. The Labute approximate surface area is 99.6 Å². The molecule has 1 unspecified atom stereocenters. The quantitative estimate of drug-likeness (QED) is 0.584. The summed E-state index contributed by atoms with van der Waals surface area (Å²) in [7, 11) is 0. The van der Waals surface area contributed by atoms with Gasteiger partial charge in [-0.25, -0.2) is 4.39 Å². The highest BCUT2D eigenvalue weighted by atomic mass is 19.1. The molecule has 0 aromatic heterocycles. The Balaban J connectivity index is 3.01. The highest BCUT2D eigenvalue weighted by Gasteiger charge is 2.28. The van der Waals surface area contributed by atoms with Crippen molar-refractivity contribution in [1.82, 2.24) is 0 Å². The zero-order valence-electron chi connectivity index (χ0n) is 9.90. The predicted octanol–water partition coefficient (Wildman–Crippen LogP) is 2.45. The summed E-state index contributed by atoms with van der Waals surface area (Å²) in [6.07, 6.45) is 0.237. The Morgan fingerprint density at radius 3 is 2.29 bits per heavy atom. The van der Waals surface area contributed by atoms with Crippen molar-refractivity contribution in [2.75, 3.05) is 6.61 Å². The van der Waals surface area contributed by atoms with Crippen molar-refractivity contribution in [3.8, 4) is 0 Å². The maximum Gasteiger partial charge on any atom is 0.321 e. The summed E-state index contributed by atoms with van der Waals surface area (Å²) >= 11 is 0. The number of rotatable bonds is 5. The van der Waals surface area contributed by atoms with Gasteiger partial charge in [0.2, 0.25) is 0 Å². The van der Waals surface area contributed by atoms with E-state index in [0.29, 0.717) is 5.56 Å². The number of ketones is 1. The Kier molecular flexibility index (Phi) is 4.82.